The fourth-order valence-corrected chi connectivity index (χ4v) is 5.97. The monoisotopic (exact) mass is 490 g/mol. The van der Waals surface area contributed by atoms with Gasteiger partial charge in [0.1, 0.15) is 6.54 Å². The fourth-order valence-electron chi connectivity index (χ4n) is 4.56. The van der Waals surface area contributed by atoms with E-state index in [0.717, 1.165) is 35.1 Å². The fraction of sp³-hybridized carbons (Fsp3) is 0.345. The van der Waals surface area contributed by atoms with Crippen LogP contribution in [0.25, 0.3) is 0 Å². The van der Waals surface area contributed by atoms with Gasteiger partial charge in [-0.3, -0.25) is 9.10 Å². The Morgan fingerprint density at radius 3 is 2.26 bits per heavy atom. The highest BCUT2D eigenvalue weighted by atomic mass is 32.2. The molecule has 0 bridgehead atoms. The lowest BCUT2D eigenvalue weighted by atomic mass is 9.89. The van der Waals surface area contributed by atoms with Crippen LogP contribution in [0.2, 0.25) is 0 Å². The number of sulfonamides is 1. The Kier molecular flexibility index (Phi) is 7.31. The summed E-state index contributed by atoms with van der Waals surface area (Å²) in [6, 6.07) is 18.4. The lowest BCUT2D eigenvalue weighted by molar-refractivity contribution is -0.120. The van der Waals surface area contributed by atoms with Crippen molar-refractivity contribution in [1.29, 1.82) is 0 Å². The quantitative estimate of drug-likeness (QED) is 0.471. The molecule has 0 fully saturated rings. The van der Waals surface area contributed by atoms with Crippen LogP contribution in [0.3, 0.4) is 0 Å². The van der Waals surface area contributed by atoms with E-state index in [4.69, 9.17) is 0 Å². The van der Waals surface area contributed by atoms with E-state index in [1.165, 1.54) is 28.3 Å². The van der Waals surface area contributed by atoms with E-state index in [0.29, 0.717) is 5.69 Å². The van der Waals surface area contributed by atoms with E-state index in [1.54, 1.807) is 30.3 Å². The molecule has 1 atom stereocenters. The molecule has 3 aromatic carbocycles. The minimum atomic E-state index is -3.94. The van der Waals surface area contributed by atoms with E-state index in [1.807, 2.05) is 39.8 Å². The molecule has 0 spiro atoms. The molecule has 1 aliphatic rings. The standard InChI is InChI=1S/C29H34N2O3S/c1-20-9-15-28(16-10-20)35(33,34)31(27-14-11-21(2)22(3)17-27)19-29(32)30-23(4)25-13-12-24-7-5-6-8-26(24)18-25/h9-18,23H,5-8,19H2,1-4H3,(H,30,32)/t23-/m0/s1. The molecule has 5 nitrogen and oxygen atoms in total. The second kappa shape index (κ2) is 10.2. The first kappa shape index (κ1) is 25.0. The minimum Gasteiger partial charge on any atom is -0.348 e. The topological polar surface area (TPSA) is 66.5 Å². The van der Waals surface area contributed by atoms with E-state index in [9.17, 15) is 13.2 Å². The number of carbonyl (C=O) groups excluding carboxylic acids is 1. The van der Waals surface area contributed by atoms with Gasteiger partial charge in [-0.25, -0.2) is 8.42 Å². The van der Waals surface area contributed by atoms with Crippen molar-refractivity contribution in [3.05, 3.63) is 94.0 Å². The summed E-state index contributed by atoms with van der Waals surface area (Å²) in [7, 11) is -3.94. The van der Waals surface area contributed by atoms with Gasteiger partial charge in [0.2, 0.25) is 5.91 Å². The maximum Gasteiger partial charge on any atom is 0.264 e. The molecule has 0 saturated heterocycles. The van der Waals surface area contributed by atoms with Gasteiger partial charge < -0.3 is 5.32 Å². The SMILES string of the molecule is Cc1ccc(S(=O)(=O)N(CC(=O)N[C@@H](C)c2ccc3c(c2)CCCC3)c2ccc(C)c(C)c2)cc1. The van der Waals surface area contributed by atoms with E-state index < -0.39 is 10.0 Å². The molecule has 1 aliphatic carbocycles. The van der Waals surface area contributed by atoms with Crippen molar-refractivity contribution in [1.82, 2.24) is 5.32 Å². The number of rotatable bonds is 7. The zero-order chi connectivity index (χ0) is 25.2. The Labute approximate surface area is 209 Å². The summed E-state index contributed by atoms with van der Waals surface area (Å²) in [6.45, 7) is 7.47. The van der Waals surface area contributed by atoms with Gasteiger partial charge in [-0.1, -0.05) is 42.0 Å². The summed E-state index contributed by atoms with van der Waals surface area (Å²) >= 11 is 0. The molecule has 184 valence electrons. The third-order valence-electron chi connectivity index (χ3n) is 6.92. The van der Waals surface area contributed by atoms with Gasteiger partial charge in [-0.15, -0.1) is 0 Å². The number of carbonyl (C=O) groups is 1. The molecule has 0 unspecified atom stereocenters. The predicted octanol–water partition coefficient (Wildman–Crippen LogP) is 5.56. The van der Waals surface area contributed by atoms with Crippen molar-refractivity contribution >= 4 is 21.6 Å². The Morgan fingerprint density at radius 2 is 1.57 bits per heavy atom. The molecule has 0 aliphatic heterocycles. The van der Waals surface area contributed by atoms with Crippen LogP contribution < -0.4 is 9.62 Å². The van der Waals surface area contributed by atoms with Gasteiger partial charge in [0.05, 0.1) is 16.6 Å². The normalized spacial score (nSPS) is 14.2. The molecule has 35 heavy (non-hydrogen) atoms. The average Bonchev–Trinajstić information content (AvgIpc) is 2.84. The molecule has 1 N–H and O–H groups in total. The molecule has 0 radical (unpaired) electrons. The average molecular weight is 491 g/mol. The van der Waals surface area contributed by atoms with Gasteiger partial charge in [-0.2, -0.15) is 0 Å². The highest BCUT2D eigenvalue weighted by Gasteiger charge is 2.28. The molecule has 4 rings (SSSR count). The van der Waals surface area contributed by atoms with Gasteiger partial charge in [0, 0.05) is 0 Å². The molecule has 1 amide bonds. The Bertz CT molecular complexity index is 1330. The molecule has 0 aromatic heterocycles. The maximum atomic E-state index is 13.6. The summed E-state index contributed by atoms with van der Waals surface area (Å²) in [6.07, 6.45) is 4.60. The number of nitrogens with zero attached hydrogens (tertiary/aromatic N) is 1. The summed E-state index contributed by atoms with van der Waals surface area (Å²) < 4.78 is 28.5. The van der Waals surface area contributed by atoms with Crippen LogP contribution in [0.5, 0.6) is 0 Å². The second-order valence-electron chi connectivity index (χ2n) is 9.62. The summed E-state index contributed by atoms with van der Waals surface area (Å²) in [5, 5.41) is 3.02. The van der Waals surface area contributed by atoms with Crippen LogP contribution in [0.1, 0.15) is 59.2 Å². The van der Waals surface area contributed by atoms with E-state index in [2.05, 4.69) is 23.5 Å². The van der Waals surface area contributed by atoms with Crippen LogP contribution in [0.4, 0.5) is 5.69 Å². The van der Waals surface area contributed by atoms with Crippen molar-refractivity contribution in [2.24, 2.45) is 0 Å². The third kappa shape index (κ3) is 5.59. The first-order chi connectivity index (χ1) is 16.6. The van der Waals surface area contributed by atoms with Crippen molar-refractivity contribution < 1.29 is 13.2 Å². The summed E-state index contributed by atoms with van der Waals surface area (Å²) in [5.41, 5.74) is 7.26. The lowest BCUT2D eigenvalue weighted by Crippen LogP contribution is -2.41. The van der Waals surface area contributed by atoms with Gasteiger partial charge in [0.15, 0.2) is 0 Å². The second-order valence-corrected chi connectivity index (χ2v) is 11.5. The predicted molar refractivity (Wildman–Crippen MR) is 141 cm³/mol. The molecule has 6 heteroatoms. The highest BCUT2D eigenvalue weighted by molar-refractivity contribution is 7.92. The first-order valence-corrected chi connectivity index (χ1v) is 13.7. The van der Waals surface area contributed by atoms with Crippen molar-refractivity contribution in [3.8, 4) is 0 Å². The summed E-state index contributed by atoms with van der Waals surface area (Å²) in [4.78, 5) is 13.3. The number of aryl methyl sites for hydroxylation is 5. The highest BCUT2D eigenvalue weighted by Crippen LogP contribution is 2.27. The lowest BCUT2D eigenvalue weighted by Gasteiger charge is -2.26. The smallest absolute Gasteiger partial charge is 0.264 e. The van der Waals surface area contributed by atoms with Crippen LogP contribution in [-0.2, 0) is 27.7 Å². The van der Waals surface area contributed by atoms with Crippen molar-refractivity contribution in [2.45, 2.75) is 64.3 Å². The van der Waals surface area contributed by atoms with Crippen LogP contribution >= 0.6 is 0 Å². The number of nitrogens with one attached hydrogen (secondary N) is 1. The number of amides is 1. The van der Waals surface area contributed by atoms with Crippen molar-refractivity contribution in [3.63, 3.8) is 0 Å². The van der Waals surface area contributed by atoms with Gasteiger partial charge >= 0.3 is 0 Å². The maximum absolute atomic E-state index is 13.6. The van der Waals surface area contributed by atoms with E-state index >= 15 is 0 Å². The molecule has 0 saturated carbocycles. The minimum absolute atomic E-state index is 0.164. The van der Waals surface area contributed by atoms with Crippen LogP contribution in [0.15, 0.2) is 65.6 Å². The zero-order valence-electron chi connectivity index (χ0n) is 21.0. The number of hydrogen-bond donors (Lipinski definition) is 1. The van der Waals surface area contributed by atoms with Crippen LogP contribution in [-0.4, -0.2) is 20.9 Å². The first-order valence-electron chi connectivity index (χ1n) is 12.2. The summed E-state index contributed by atoms with van der Waals surface area (Å²) in [5.74, 6) is -0.343. The van der Waals surface area contributed by atoms with Gasteiger partial charge in [0.25, 0.3) is 10.0 Å². The number of fused-ring (bicyclic) bond motifs is 1. The molecular formula is C29H34N2O3S. The Balaban J connectivity index is 1.59. The number of anilines is 1. The van der Waals surface area contributed by atoms with Crippen molar-refractivity contribution in [2.75, 3.05) is 10.8 Å². The Hall–Kier alpha value is -3.12. The molecule has 0 heterocycles. The number of benzene rings is 3. The zero-order valence-corrected chi connectivity index (χ0v) is 21.8. The van der Waals surface area contributed by atoms with Crippen LogP contribution in [0, 0.1) is 20.8 Å². The number of hydrogen-bond acceptors (Lipinski definition) is 3. The Morgan fingerprint density at radius 1 is 0.886 bits per heavy atom. The van der Waals surface area contributed by atoms with Gasteiger partial charge in [-0.05, 0) is 105 Å². The van der Waals surface area contributed by atoms with E-state index in [-0.39, 0.29) is 23.4 Å². The third-order valence-corrected chi connectivity index (χ3v) is 8.71. The molecular weight excluding hydrogens is 456 g/mol. The molecule has 3 aromatic rings. The largest absolute Gasteiger partial charge is 0.348 e.